The fourth-order valence-electron chi connectivity index (χ4n) is 1.33. The number of hydrogen-bond acceptors (Lipinski definition) is 3. The maximum atomic E-state index is 11.2. The number of nitrogens with one attached hydrogen (secondary N) is 1. The molecule has 0 radical (unpaired) electrons. The van der Waals surface area contributed by atoms with Crippen LogP contribution in [-0.4, -0.2) is 17.4 Å². The Labute approximate surface area is 96.3 Å². The molecule has 0 aliphatic heterocycles. The molecular formula is C12H19N3O. The molecule has 88 valence electrons. The van der Waals surface area contributed by atoms with Crippen molar-refractivity contribution in [1.29, 1.82) is 0 Å². The molecule has 0 saturated heterocycles. The van der Waals surface area contributed by atoms with E-state index in [0.29, 0.717) is 5.56 Å². The topological polar surface area (TPSA) is 68.0 Å². The van der Waals surface area contributed by atoms with Gasteiger partial charge in [0, 0.05) is 17.8 Å². The maximum absolute atomic E-state index is 11.2. The summed E-state index contributed by atoms with van der Waals surface area (Å²) in [4.78, 5) is 15.6. The van der Waals surface area contributed by atoms with E-state index in [1.807, 2.05) is 13.8 Å². The zero-order valence-corrected chi connectivity index (χ0v) is 10.1. The molecule has 0 fully saturated rings. The SMILES string of the molecule is CCCNc1cc(C(N)=O)cc(C(C)C)n1. The van der Waals surface area contributed by atoms with Gasteiger partial charge >= 0.3 is 0 Å². The first-order valence-electron chi connectivity index (χ1n) is 5.60. The van der Waals surface area contributed by atoms with Crippen LogP contribution < -0.4 is 11.1 Å². The van der Waals surface area contributed by atoms with Gasteiger partial charge in [0.15, 0.2) is 0 Å². The van der Waals surface area contributed by atoms with E-state index in [0.717, 1.165) is 24.5 Å². The second-order valence-electron chi connectivity index (χ2n) is 4.11. The number of amides is 1. The second kappa shape index (κ2) is 5.49. The summed E-state index contributed by atoms with van der Waals surface area (Å²) in [6, 6.07) is 3.45. The van der Waals surface area contributed by atoms with E-state index >= 15 is 0 Å². The van der Waals surface area contributed by atoms with Crippen LogP contribution >= 0.6 is 0 Å². The van der Waals surface area contributed by atoms with E-state index < -0.39 is 5.91 Å². The van der Waals surface area contributed by atoms with Crippen molar-refractivity contribution in [2.75, 3.05) is 11.9 Å². The van der Waals surface area contributed by atoms with Gasteiger partial charge < -0.3 is 11.1 Å². The molecule has 4 nitrogen and oxygen atoms in total. The van der Waals surface area contributed by atoms with Crippen LogP contribution in [0.2, 0.25) is 0 Å². The maximum Gasteiger partial charge on any atom is 0.248 e. The Bertz CT molecular complexity index is 375. The summed E-state index contributed by atoms with van der Waals surface area (Å²) in [5.74, 6) is 0.590. The van der Waals surface area contributed by atoms with Crippen LogP contribution in [0.5, 0.6) is 0 Å². The Kier molecular flexibility index (Phi) is 4.28. The predicted molar refractivity (Wildman–Crippen MR) is 65.6 cm³/mol. The fourth-order valence-corrected chi connectivity index (χ4v) is 1.33. The van der Waals surface area contributed by atoms with Crippen molar-refractivity contribution < 1.29 is 4.79 Å². The monoisotopic (exact) mass is 221 g/mol. The van der Waals surface area contributed by atoms with E-state index in [1.165, 1.54) is 0 Å². The lowest BCUT2D eigenvalue weighted by atomic mass is 10.1. The van der Waals surface area contributed by atoms with Gasteiger partial charge in [-0.05, 0) is 24.5 Å². The molecule has 1 rings (SSSR count). The van der Waals surface area contributed by atoms with Gasteiger partial charge in [0.25, 0.3) is 0 Å². The number of anilines is 1. The van der Waals surface area contributed by atoms with Gasteiger partial charge in [-0.25, -0.2) is 4.98 Å². The molecule has 0 bridgehead atoms. The molecule has 16 heavy (non-hydrogen) atoms. The predicted octanol–water partition coefficient (Wildman–Crippen LogP) is 2.13. The van der Waals surface area contributed by atoms with Crippen molar-refractivity contribution in [3.05, 3.63) is 23.4 Å². The van der Waals surface area contributed by atoms with E-state index in [9.17, 15) is 4.79 Å². The van der Waals surface area contributed by atoms with E-state index in [2.05, 4.69) is 17.2 Å². The molecule has 0 spiro atoms. The third kappa shape index (κ3) is 3.22. The molecule has 0 aliphatic carbocycles. The summed E-state index contributed by atoms with van der Waals surface area (Å²) >= 11 is 0. The Morgan fingerprint density at radius 2 is 2.19 bits per heavy atom. The Morgan fingerprint density at radius 1 is 1.50 bits per heavy atom. The fraction of sp³-hybridized carbons (Fsp3) is 0.500. The smallest absolute Gasteiger partial charge is 0.248 e. The second-order valence-corrected chi connectivity index (χ2v) is 4.11. The number of carbonyl (C=O) groups is 1. The molecule has 0 saturated carbocycles. The van der Waals surface area contributed by atoms with Crippen LogP contribution in [0.1, 0.15) is 49.2 Å². The number of hydrogen-bond donors (Lipinski definition) is 2. The standard InChI is InChI=1S/C12H19N3O/c1-4-5-14-11-7-9(12(13)16)6-10(15-11)8(2)3/h6-8H,4-5H2,1-3H3,(H2,13,16)(H,14,15). The average Bonchev–Trinajstić information content (AvgIpc) is 2.25. The normalized spacial score (nSPS) is 10.5. The molecule has 1 aromatic rings. The average molecular weight is 221 g/mol. The number of carbonyl (C=O) groups excluding carboxylic acids is 1. The third-order valence-corrected chi connectivity index (χ3v) is 2.28. The quantitative estimate of drug-likeness (QED) is 0.800. The van der Waals surface area contributed by atoms with Gasteiger partial charge in [-0.1, -0.05) is 20.8 Å². The number of rotatable bonds is 5. The summed E-state index contributed by atoms with van der Waals surface area (Å²) < 4.78 is 0. The highest BCUT2D eigenvalue weighted by atomic mass is 16.1. The van der Waals surface area contributed by atoms with Gasteiger partial charge in [-0.3, -0.25) is 4.79 Å². The minimum absolute atomic E-state index is 0.279. The summed E-state index contributed by atoms with van der Waals surface area (Å²) in [7, 11) is 0. The van der Waals surface area contributed by atoms with E-state index in [4.69, 9.17) is 5.73 Å². The molecule has 4 heteroatoms. The van der Waals surface area contributed by atoms with E-state index in [1.54, 1.807) is 12.1 Å². The zero-order chi connectivity index (χ0) is 12.1. The van der Waals surface area contributed by atoms with Crippen molar-refractivity contribution in [2.45, 2.75) is 33.1 Å². The molecule has 1 aromatic heterocycles. The lowest BCUT2D eigenvalue weighted by Gasteiger charge is -2.10. The van der Waals surface area contributed by atoms with Crippen LogP contribution in [0.25, 0.3) is 0 Å². The van der Waals surface area contributed by atoms with Crippen LogP contribution in [0, 0.1) is 0 Å². The first-order valence-corrected chi connectivity index (χ1v) is 5.60. The number of pyridine rings is 1. The van der Waals surface area contributed by atoms with E-state index in [-0.39, 0.29) is 5.92 Å². The van der Waals surface area contributed by atoms with Crippen LogP contribution in [0.15, 0.2) is 12.1 Å². The molecule has 3 N–H and O–H groups in total. The minimum Gasteiger partial charge on any atom is -0.370 e. The molecule has 1 heterocycles. The van der Waals surface area contributed by atoms with Gasteiger partial charge in [-0.15, -0.1) is 0 Å². The van der Waals surface area contributed by atoms with Crippen LogP contribution in [0.4, 0.5) is 5.82 Å². The highest BCUT2D eigenvalue weighted by Gasteiger charge is 2.09. The highest BCUT2D eigenvalue weighted by Crippen LogP contribution is 2.17. The largest absolute Gasteiger partial charge is 0.370 e. The Hall–Kier alpha value is -1.58. The summed E-state index contributed by atoms with van der Waals surface area (Å²) in [5.41, 5.74) is 6.68. The summed E-state index contributed by atoms with van der Waals surface area (Å²) in [6.45, 7) is 6.99. The third-order valence-electron chi connectivity index (χ3n) is 2.28. The van der Waals surface area contributed by atoms with Crippen molar-refractivity contribution in [1.82, 2.24) is 4.98 Å². The molecule has 1 amide bonds. The van der Waals surface area contributed by atoms with Gasteiger partial charge in [-0.2, -0.15) is 0 Å². The van der Waals surface area contributed by atoms with Gasteiger partial charge in [0.2, 0.25) is 5.91 Å². The highest BCUT2D eigenvalue weighted by molar-refractivity contribution is 5.93. The molecule has 0 unspecified atom stereocenters. The number of aromatic nitrogens is 1. The summed E-state index contributed by atoms with van der Waals surface area (Å²) in [6.07, 6.45) is 1.01. The van der Waals surface area contributed by atoms with Crippen LogP contribution in [0.3, 0.4) is 0 Å². The number of primary amides is 1. The first kappa shape index (κ1) is 12.5. The number of nitrogens with two attached hydrogens (primary N) is 1. The van der Waals surface area contributed by atoms with Crippen LogP contribution in [-0.2, 0) is 0 Å². The van der Waals surface area contributed by atoms with Gasteiger partial charge in [0.1, 0.15) is 5.82 Å². The Balaban J connectivity index is 3.03. The Morgan fingerprint density at radius 3 is 2.69 bits per heavy atom. The summed E-state index contributed by atoms with van der Waals surface area (Å²) in [5, 5.41) is 3.17. The van der Waals surface area contributed by atoms with Gasteiger partial charge in [0.05, 0.1) is 0 Å². The zero-order valence-electron chi connectivity index (χ0n) is 10.1. The van der Waals surface area contributed by atoms with Crippen molar-refractivity contribution in [3.8, 4) is 0 Å². The molecule has 0 atom stereocenters. The molecule has 0 aliphatic rings. The van der Waals surface area contributed by atoms with Crippen molar-refractivity contribution >= 4 is 11.7 Å². The van der Waals surface area contributed by atoms with Crippen molar-refractivity contribution in [2.24, 2.45) is 5.73 Å². The lowest BCUT2D eigenvalue weighted by Crippen LogP contribution is -2.14. The van der Waals surface area contributed by atoms with Crippen molar-refractivity contribution in [3.63, 3.8) is 0 Å². The molecular weight excluding hydrogens is 202 g/mol. The number of nitrogens with zero attached hydrogens (tertiary/aromatic N) is 1. The lowest BCUT2D eigenvalue weighted by molar-refractivity contribution is 0.1000. The minimum atomic E-state index is -0.413. The first-order chi connectivity index (χ1) is 7.54. The molecule has 0 aromatic carbocycles.